The van der Waals surface area contributed by atoms with Crippen molar-refractivity contribution in [1.82, 2.24) is 5.32 Å². The van der Waals surface area contributed by atoms with Crippen LogP contribution in [0.3, 0.4) is 0 Å². The average molecular weight is 179 g/mol. The fourth-order valence-electron chi connectivity index (χ4n) is 2.13. The quantitative estimate of drug-likeness (QED) is 0.657. The third-order valence-corrected chi connectivity index (χ3v) is 3.04. The van der Waals surface area contributed by atoms with Crippen molar-refractivity contribution in [1.29, 1.82) is 0 Å². The van der Waals surface area contributed by atoms with E-state index < -0.39 is 0 Å². The standard InChI is InChI=1S/C12H21N/c1-5-10-7-8-11(9-10)13-12(3,4)6-2/h2,10-11,13H,5,7-9H2,1,3-4H3. The fraction of sp³-hybridized carbons (Fsp3) is 0.833. The number of rotatable bonds is 3. The molecule has 1 heteroatoms. The lowest BCUT2D eigenvalue weighted by atomic mass is 10.0. The van der Waals surface area contributed by atoms with E-state index in [0.29, 0.717) is 6.04 Å². The van der Waals surface area contributed by atoms with E-state index in [-0.39, 0.29) is 5.54 Å². The maximum Gasteiger partial charge on any atom is 0.0743 e. The van der Waals surface area contributed by atoms with Gasteiger partial charge in [-0.15, -0.1) is 6.42 Å². The summed E-state index contributed by atoms with van der Waals surface area (Å²) in [4.78, 5) is 0. The van der Waals surface area contributed by atoms with E-state index in [4.69, 9.17) is 6.42 Å². The van der Waals surface area contributed by atoms with Crippen LogP contribution in [0, 0.1) is 18.3 Å². The zero-order valence-corrected chi connectivity index (χ0v) is 9.06. The predicted octanol–water partition coefficient (Wildman–Crippen LogP) is 2.57. The van der Waals surface area contributed by atoms with Gasteiger partial charge in [-0.25, -0.2) is 0 Å². The lowest BCUT2D eigenvalue weighted by molar-refractivity contribution is 0.395. The molecule has 0 aromatic heterocycles. The largest absolute Gasteiger partial charge is 0.299 e. The maximum atomic E-state index is 5.44. The first-order valence-corrected chi connectivity index (χ1v) is 5.33. The monoisotopic (exact) mass is 179 g/mol. The minimum atomic E-state index is -0.132. The van der Waals surface area contributed by atoms with E-state index in [0.717, 1.165) is 5.92 Å². The van der Waals surface area contributed by atoms with Crippen molar-refractivity contribution in [3.05, 3.63) is 0 Å². The summed E-state index contributed by atoms with van der Waals surface area (Å²) in [6.07, 6.45) is 10.7. The number of nitrogens with one attached hydrogen (secondary N) is 1. The van der Waals surface area contributed by atoms with Crippen LogP contribution in [0.25, 0.3) is 0 Å². The van der Waals surface area contributed by atoms with E-state index in [1.165, 1.54) is 25.7 Å². The Kier molecular flexibility index (Phi) is 3.39. The molecule has 0 amide bonds. The molecule has 0 saturated heterocycles. The lowest BCUT2D eigenvalue weighted by Gasteiger charge is -2.24. The molecule has 13 heavy (non-hydrogen) atoms. The van der Waals surface area contributed by atoms with E-state index >= 15 is 0 Å². The van der Waals surface area contributed by atoms with Crippen molar-refractivity contribution in [2.45, 2.75) is 58.0 Å². The van der Waals surface area contributed by atoms with Gasteiger partial charge in [-0.3, -0.25) is 5.32 Å². The molecule has 1 N–H and O–H groups in total. The Balaban J connectivity index is 2.37. The summed E-state index contributed by atoms with van der Waals surface area (Å²) in [6.45, 7) is 6.43. The summed E-state index contributed by atoms with van der Waals surface area (Å²) in [7, 11) is 0. The van der Waals surface area contributed by atoms with Gasteiger partial charge in [0.25, 0.3) is 0 Å². The molecule has 1 aliphatic carbocycles. The molecule has 0 aromatic rings. The first-order valence-electron chi connectivity index (χ1n) is 5.33. The summed E-state index contributed by atoms with van der Waals surface area (Å²) in [5.74, 6) is 3.71. The summed E-state index contributed by atoms with van der Waals surface area (Å²) < 4.78 is 0. The zero-order chi connectivity index (χ0) is 9.90. The van der Waals surface area contributed by atoms with E-state index in [1.54, 1.807) is 0 Å². The van der Waals surface area contributed by atoms with Gasteiger partial charge in [0.15, 0.2) is 0 Å². The van der Waals surface area contributed by atoms with E-state index in [9.17, 15) is 0 Å². The van der Waals surface area contributed by atoms with Gasteiger partial charge in [0.05, 0.1) is 5.54 Å². The second kappa shape index (κ2) is 4.15. The minimum absolute atomic E-state index is 0.132. The van der Waals surface area contributed by atoms with Gasteiger partial charge in [-0.2, -0.15) is 0 Å². The van der Waals surface area contributed by atoms with Crippen LogP contribution < -0.4 is 5.32 Å². The van der Waals surface area contributed by atoms with Crippen molar-refractivity contribution >= 4 is 0 Å². The molecule has 0 radical (unpaired) electrons. The van der Waals surface area contributed by atoms with Gasteiger partial charge in [0, 0.05) is 6.04 Å². The van der Waals surface area contributed by atoms with Crippen LogP contribution in [0.5, 0.6) is 0 Å². The molecule has 0 heterocycles. The van der Waals surface area contributed by atoms with Gasteiger partial charge in [0.2, 0.25) is 0 Å². The lowest BCUT2D eigenvalue weighted by Crippen LogP contribution is -2.43. The number of terminal acetylenes is 1. The Morgan fingerprint density at radius 3 is 2.62 bits per heavy atom. The third kappa shape index (κ3) is 3.04. The van der Waals surface area contributed by atoms with Crippen LogP contribution in [0.15, 0.2) is 0 Å². The fourth-order valence-corrected chi connectivity index (χ4v) is 2.13. The Bertz CT molecular complexity index is 200. The maximum absolute atomic E-state index is 5.44. The van der Waals surface area contributed by atoms with Gasteiger partial charge >= 0.3 is 0 Å². The van der Waals surface area contributed by atoms with Crippen molar-refractivity contribution in [2.75, 3.05) is 0 Å². The van der Waals surface area contributed by atoms with Crippen LogP contribution in [-0.4, -0.2) is 11.6 Å². The molecule has 1 nitrogen and oxygen atoms in total. The van der Waals surface area contributed by atoms with Crippen LogP contribution in [0.4, 0.5) is 0 Å². The molecule has 0 spiro atoms. The molecule has 0 aliphatic heterocycles. The summed E-state index contributed by atoms with van der Waals surface area (Å²) in [6, 6.07) is 0.649. The van der Waals surface area contributed by atoms with Crippen LogP contribution >= 0.6 is 0 Å². The Morgan fingerprint density at radius 2 is 2.15 bits per heavy atom. The highest BCUT2D eigenvalue weighted by Crippen LogP contribution is 2.28. The van der Waals surface area contributed by atoms with Gasteiger partial charge in [0.1, 0.15) is 0 Å². The normalized spacial score (nSPS) is 28.8. The molecule has 2 unspecified atom stereocenters. The molecule has 74 valence electrons. The Hall–Kier alpha value is -0.480. The van der Waals surface area contributed by atoms with Crippen LogP contribution in [0.2, 0.25) is 0 Å². The molecule has 2 atom stereocenters. The van der Waals surface area contributed by atoms with Gasteiger partial charge in [-0.05, 0) is 39.0 Å². The minimum Gasteiger partial charge on any atom is -0.299 e. The smallest absolute Gasteiger partial charge is 0.0743 e. The predicted molar refractivity (Wildman–Crippen MR) is 57.5 cm³/mol. The third-order valence-electron chi connectivity index (χ3n) is 3.04. The average Bonchev–Trinajstić information content (AvgIpc) is 2.52. The van der Waals surface area contributed by atoms with E-state index in [2.05, 4.69) is 32.0 Å². The zero-order valence-electron chi connectivity index (χ0n) is 9.06. The highest BCUT2D eigenvalue weighted by molar-refractivity contribution is 5.08. The molecule has 1 aliphatic rings. The second-order valence-electron chi connectivity index (χ2n) is 4.70. The molecule has 0 aromatic carbocycles. The van der Waals surface area contributed by atoms with E-state index in [1.807, 2.05) is 0 Å². The molecule has 1 saturated carbocycles. The Morgan fingerprint density at radius 1 is 1.46 bits per heavy atom. The van der Waals surface area contributed by atoms with Crippen molar-refractivity contribution in [3.63, 3.8) is 0 Å². The van der Waals surface area contributed by atoms with Crippen molar-refractivity contribution < 1.29 is 0 Å². The molecular formula is C12H21N. The van der Waals surface area contributed by atoms with Gasteiger partial charge in [-0.1, -0.05) is 19.3 Å². The highest BCUT2D eigenvalue weighted by Gasteiger charge is 2.27. The highest BCUT2D eigenvalue weighted by atomic mass is 15.0. The summed E-state index contributed by atoms with van der Waals surface area (Å²) >= 11 is 0. The first-order chi connectivity index (χ1) is 6.07. The first kappa shape index (κ1) is 10.6. The number of hydrogen-bond donors (Lipinski definition) is 1. The van der Waals surface area contributed by atoms with Crippen LogP contribution in [0.1, 0.15) is 46.5 Å². The van der Waals surface area contributed by atoms with Gasteiger partial charge < -0.3 is 0 Å². The van der Waals surface area contributed by atoms with Crippen LogP contribution in [-0.2, 0) is 0 Å². The SMILES string of the molecule is C#CC(C)(C)NC1CCC(CC)C1. The summed E-state index contributed by atoms with van der Waals surface area (Å²) in [5.41, 5.74) is -0.132. The Labute approximate surface area is 82.3 Å². The molecule has 0 bridgehead atoms. The molecular weight excluding hydrogens is 158 g/mol. The number of hydrogen-bond acceptors (Lipinski definition) is 1. The molecule has 1 fully saturated rings. The van der Waals surface area contributed by atoms with Crippen molar-refractivity contribution in [3.8, 4) is 12.3 Å². The summed E-state index contributed by atoms with van der Waals surface area (Å²) in [5, 5.41) is 3.53. The second-order valence-corrected chi connectivity index (χ2v) is 4.70. The molecule has 1 rings (SSSR count). The topological polar surface area (TPSA) is 12.0 Å². The van der Waals surface area contributed by atoms with Crippen molar-refractivity contribution in [2.24, 2.45) is 5.92 Å².